The number of carboxylic acid groups (broad SMARTS) is 1. The number of carbonyl (C=O) groups is 2. The summed E-state index contributed by atoms with van der Waals surface area (Å²) in [6, 6.07) is 0. The molecule has 1 fully saturated rings. The van der Waals surface area contributed by atoms with E-state index < -0.39 is 5.97 Å². The molecule has 1 amide bonds. The Labute approximate surface area is 125 Å². The molecule has 0 saturated heterocycles. The summed E-state index contributed by atoms with van der Waals surface area (Å²) in [5, 5.41) is 25.6. The van der Waals surface area contributed by atoms with Crippen molar-refractivity contribution in [3.8, 4) is 0 Å². The van der Waals surface area contributed by atoms with E-state index in [1.807, 2.05) is 0 Å². The number of hydrogen-bond acceptors (Lipinski definition) is 4. The van der Waals surface area contributed by atoms with Crippen LogP contribution in [0.3, 0.4) is 0 Å². The lowest BCUT2D eigenvalue weighted by Gasteiger charge is -2.29. The normalized spacial score (nSPS) is 21.1. The Morgan fingerprint density at radius 3 is 2.82 bits per heavy atom. The molecule has 1 saturated carbocycles. The van der Waals surface area contributed by atoms with Gasteiger partial charge < -0.3 is 10.4 Å². The molecule has 3 heterocycles. The van der Waals surface area contributed by atoms with Crippen molar-refractivity contribution >= 4 is 17.7 Å². The highest BCUT2D eigenvalue weighted by molar-refractivity contribution is 5.95. The molecule has 114 valence electrons. The summed E-state index contributed by atoms with van der Waals surface area (Å²) in [6.07, 6.45) is 5.06. The van der Waals surface area contributed by atoms with Gasteiger partial charge in [-0.1, -0.05) is 6.42 Å². The van der Waals surface area contributed by atoms with Crippen molar-refractivity contribution in [3.05, 3.63) is 28.7 Å². The number of fused-ring (bicyclic) bond motifs is 1. The molecule has 2 aromatic rings. The number of aromatic carboxylic acids is 1. The first-order valence-corrected chi connectivity index (χ1v) is 7.29. The first-order valence-electron chi connectivity index (χ1n) is 7.29. The SMILES string of the molecule is O=C1CC(c2cn[nH]c2C(=O)O)c2c(n[nH]c2C2CCC2)N1. The highest BCUT2D eigenvalue weighted by Crippen LogP contribution is 2.45. The topological polar surface area (TPSA) is 124 Å². The molecule has 0 spiro atoms. The summed E-state index contributed by atoms with van der Waals surface area (Å²) in [5.41, 5.74) is 2.49. The zero-order chi connectivity index (χ0) is 15.3. The minimum absolute atomic E-state index is 0.0337. The van der Waals surface area contributed by atoms with E-state index in [-0.39, 0.29) is 23.9 Å². The van der Waals surface area contributed by atoms with Crippen molar-refractivity contribution < 1.29 is 14.7 Å². The van der Waals surface area contributed by atoms with Gasteiger partial charge in [0.15, 0.2) is 5.82 Å². The molecule has 4 rings (SSSR count). The van der Waals surface area contributed by atoms with Crippen LogP contribution in [0.15, 0.2) is 6.20 Å². The number of carbonyl (C=O) groups excluding carboxylic acids is 1. The fourth-order valence-corrected chi connectivity index (χ4v) is 3.29. The molecule has 2 aliphatic rings. The number of aromatic nitrogens is 4. The van der Waals surface area contributed by atoms with E-state index in [2.05, 4.69) is 25.7 Å². The second kappa shape index (κ2) is 4.69. The average Bonchev–Trinajstić information content (AvgIpc) is 3.03. The molecule has 1 aliphatic heterocycles. The molecule has 0 aromatic carbocycles. The predicted octanol–water partition coefficient (Wildman–Crippen LogP) is 1.57. The summed E-state index contributed by atoms with van der Waals surface area (Å²) < 4.78 is 0. The fourth-order valence-electron chi connectivity index (χ4n) is 3.29. The molecule has 2 aromatic heterocycles. The molecule has 22 heavy (non-hydrogen) atoms. The number of H-pyrrole nitrogens is 2. The number of nitrogens with one attached hydrogen (secondary N) is 3. The Morgan fingerprint density at radius 1 is 1.32 bits per heavy atom. The second-order valence-electron chi connectivity index (χ2n) is 5.84. The van der Waals surface area contributed by atoms with Gasteiger partial charge in [0.2, 0.25) is 5.91 Å². The van der Waals surface area contributed by atoms with Gasteiger partial charge in [0, 0.05) is 35.1 Å². The largest absolute Gasteiger partial charge is 0.477 e. The third kappa shape index (κ3) is 1.83. The highest BCUT2D eigenvalue weighted by Gasteiger charge is 2.37. The number of hydrogen-bond donors (Lipinski definition) is 4. The van der Waals surface area contributed by atoms with Gasteiger partial charge in [-0.25, -0.2) is 4.79 Å². The molecule has 1 atom stereocenters. The van der Waals surface area contributed by atoms with Crippen LogP contribution in [0.4, 0.5) is 5.82 Å². The van der Waals surface area contributed by atoms with E-state index >= 15 is 0 Å². The highest BCUT2D eigenvalue weighted by atomic mass is 16.4. The van der Waals surface area contributed by atoms with Crippen LogP contribution < -0.4 is 5.32 Å². The van der Waals surface area contributed by atoms with Crippen molar-refractivity contribution in [3.63, 3.8) is 0 Å². The molecule has 8 heteroatoms. The van der Waals surface area contributed by atoms with E-state index in [1.165, 1.54) is 12.6 Å². The van der Waals surface area contributed by atoms with Crippen LogP contribution in [0.1, 0.15) is 64.8 Å². The summed E-state index contributed by atoms with van der Waals surface area (Å²) in [4.78, 5) is 23.3. The molecular formula is C14H15N5O3. The molecule has 0 radical (unpaired) electrons. The van der Waals surface area contributed by atoms with Gasteiger partial charge in [0.25, 0.3) is 0 Å². The first-order chi connectivity index (χ1) is 10.6. The Bertz CT molecular complexity index is 758. The summed E-state index contributed by atoms with van der Waals surface area (Å²) in [5.74, 6) is -0.645. The lowest BCUT2D eigenvalue weighted by molar-refractivity contribution is -0.116. The van der Waals surface area contributed by atoms with Gasteiger partial charge in [0.05, 0.1) is 6.20 Å². The van der Waals surface area contributed by atoms with Crippen molar-refractivity contribution in [1.29, 1.82) is 0 Å². The van der Waals surface area contributed by atoms with Gasteiger partial charge >= 0.3 is 5.97 Å². The van der Waals surface area contributed by atoms with Crippen LogP contribution in [-0.2, 0) is 4.79 Å². The Kier molecular flexibility index (Phi) is 2.78. The lowest BCUT2D eigenvalue weighted by atomic mass is 9.77. The van der Waals surface area contributed by atoms with Crippen molar-refractivity contribution in [2.75, 3.05) is 5.32 Å². The average molecular weight is 301 g/mol. The number of amides is 1. The van der Waals surface area contributed by atoms with E-state index in [1.54, 1.807) is 0 Å². The number of nitrogens with zero attached hydrogens (tertiary/aromatic N) is 2. The second-order valence-corrected chi connectivity index (χ2v) is 5.84. The van der Waals surface area contributed by atoms with Crippen LogP contribution in [0.25, 0.3) is 0 Å². The maximum absolute atomic E-state index is 11.9. The quantitative estimate of drug-likeness (QED) is 0.685. The Balaban J connectivity index is 1.84. The van der Waals surface area contributed by atoms with Gasteiger partial charge in [-0.2, -0.15) is 10.2 Å². The summed E-state index contributed by atoms with van der Waals surface area (Å²) in [6.45, 7) is 0. The van der Waals surface area contributed by atoms with Crippen LogP contribution in [0.2, 0.25) is 0 Å². The van der Waals surface area contributed by atoms with Gasteiger partial charge in [-0.05, 0) is 12.8 Å². The molecule has 8 nitrogen and oxygen atoms in total. The van der Waals surface area contributed by atoms with Gasteiger partial charge in [-0.15, -0.1) is 0 Å². The van der Waals surface area contributed by atoms with Crippen LogP contribution >= 0.6 is 0 Å². The Morgan fingerprint density at radius 2 is 2.14 bits per heavy atom. The van der Waals surface area contributed by atoms with E-state index in [0.29, 0.717) is 17.3 Å². The van der Waals surface area contributed by atoms with Crippen LogP contribution in [0, 0.1) is 0 Å². The first kappa shape index (κ1) is 13.1. The monoisotopic (exact) mass is 301 g/mol. The Hall–Kier alpha value is -2.64. The van der Waals surface area contributed by atoms with E-state index in [0.717, 1.165) is 24.1 Å². The number of carboxylic acids is 1. The van der Waals surface area contributed by atoms with Crippen molar-refractivity contribution in [2.24, 2.45) is 0 Å². The molecule has 0 bridgehead atoms. The molecule has 1 aliphatic carbocycles. The maximum Gasteiger partial charge on any atom is 0.354 e. The number of aromatic amines is 2. The zero-order valence-corrected chi connectivity index (χ0v) is 11.7. The zero-order valence-electron chi connectivity index (χ0n) is 11.7. The van der Waals surface area contributed by atoms with Crippen LogP contribution in [-0.4, -0.2) is 37.4 Å². The maximum atomic E-state index is 11.9. The standard InChI is InChI=1S/C14H15N5O3/c20-9-4-7(8-5-15-17-12(8)14(21)22)10-11(6-2-1-3-6)18-19-13(10)16-9/h5-7H,1-4H2,(H,15,17)(H,21,22)(H2,16,18,19,20). The van der Waals surface area contributed by atoms with Crippen molar-refractivity contribution in [1.82, 2.24) is 20.4 Å². The van der Waals surface area contributed by atoms with E-state index in [9.17, 15) is 14.7 Å². The predicted molar refractivity (Wildman–Crippen MR) is 75.8 cm³/mol. The van der Waals surface area contributed by atoms with Crippen LogP contribution in [0.5, 0.6) is 0 Å². The molecular weight excluding hydrogens is 286 g/mol. The summed E-state index contributed by atoms with van der Waals surface area (Å²) >= 11 is 0. The number of rotatable bonds is 3. The third-order valence-corrected chi connectivity index (χ3v) is 4.60. The number of anilines is 1. The lowest BCUT2D eigenvalue weighted by Crippen LogP contribution is -2.25. The smallest absolute Gasteiger partial charge is 0.354 e. The minimum atomic E-state index is -1.08. The fraction of sp³-hybridized carbons (Fsp3) is 0.429. The van der Waals surface area contributed by atoms with Gasteiger partial charge in [0.1, 0.15) is 5.69 Å². The van der Waals surface area contributed by atoms with Crippen molar-refractivity contribution in [2.45, 2.75) is 37.5 Å². The van der Waals surface area contributed by atoms with Gasteiger partial charge in [-0.3, -0.25) is 15.0 Å². The molecule has 4 N–H and O–H groups in total. The molecule has 1 unspecified atom stereocenters. The minimum Gasteiger partial charge on any atom is -0.477 e. The third-order valence-electron chi connectivity index (χ3n) is 4.60. The van der Waals surface area contributed by atoms with E-state index in [4.69, 9.17) is 0 Å². The summed E-state index contributed by atoms with van der Waals surface area (Å²) in [7, 11) is 0.